The molecule has 1 aromatic carbocycles. The maximum absolute atomic E-state index is 10.4. The van der Waals surface area contributed by atoms with Gasteiger partial charge in [-0.1, -0.05) is 32.4 Å². The number of hydrogen-bond donors (Lipinski definition) is 1. The van der Waals surface area contributed by atoms with Gasteiger partial charge in [0.2, 0.25) is 0 Å². The van der Waals surface area contributed by atoms with Crippen LogP contribution in [-0.2, 0) is 0 Å². The molecule has 0 bridgehead atoms. The minimum absolute atomic E-state index is 0.541. The number of hydrogen-bond acceptors (Lipinski definition) is 3. The molecule has 0 aliphatic carbocycles. The lowest BCUT2D eigenvalue weighted by Crippen LogP contribution is -2.25. The van der Waals surface area contributed by atoms with Crippen LogP contribution in [0.15, 0.2) is 18.2 Å². The second-order valence-electron chi connectivity index (χ2n) is 4.86. The summed E-state index contributed by atoms with van der Waals surface area (Å²) in [6.45, 7) is 9.84. The van der Waals surface area contributed by atoms with Gasteiger partial charge in [0.25, 0.3) is 0 Å². The van der Waals surface area contributed by atoms with Gasteiger partial charge in [-0.2, -0.15) is 0 Å². The first kappa shape index (κ1) is 17.3. The molecule has 0 aliphatic heterocycles. The van der Waals surface area contributed by atoms with Crippen molar-refractivity contribution in [1.29, 1.82) is 0 Å². The predicted molar refractivity (Wildman–Crippen MR) is 84.6 cm³/mol. The summed E-state index contributed by atoms with van der Waals surface area (Å²) in [6.07, 6.45) is 1.09. The molecule has 0 saturated heterocycles. The van der Waals surface area contributed by atoms with Crippen LogP contribution in [0.25, 0.3) is 0 Å². The number of ether oxygens (including phenoxy) is 1. The van der Waals surface area contributed by atoms with Gasteiger partial charge in [-0.15, -0.1) is 0 Å². The van der Waals surface area contributed by atoms with Crippen LogP contribution in [0.4, 0.5) is 0 Å². The highest BCUT2D eigenvalue weighted by molar-refractivity contribution is 6.30. The molecule has 1 atom stereocenters. The van der Waals surface area contributed by atoms with E-state index in [9.17, 15) is 5.11 Å². The number of aliphatic hydroxyl groups excluding tert-OH is 1. The Morgan fingerprint density at radius 3 is 2.55 bits per heavy atom. The van der Waals surface area contributed by atoms with Crippen molar-refractivity contribution < 1.29 is 9.84 Å². The van der Waals surface area contributed by atoms with Gasteiger partial charge in [-0.3, -0.25) is 0 Å². The van der Waals surface area contributed by atoms with Crippen LogP contribution in [0.1, 0.15) is 45.3 Å². The van der Waals surface area contributed by atoms with Gasteiger partial charge in [0.1, 0.15) is 5.75 Å². The highest BCUT2D eigenvalue weighted by Crippen LogP contribution is 2.30. The summed E-state index contributed by atoms with van der Waals surface area (Å²) in [5.41, 5.74) is 0.790. The highest BCUT2D eigenvalue weighted by atomic mass is 35.5. The van der Waals surface area contributed by atoms with E-state index in [0.29, 0.717) is 18.1 Å². The van der Waals surface area contributed by atoms with Gasteiger partial charge >= 0.3 is 0 Å². The lowest BCUT2D eigenvalue weighted by molar-refractivity contribution is 0.140. The Morgan fingerprint density at radius 1 is 1.25 bits per heavy atom. The number of nitrogens with zero attached hydrogens (tertiary/aromatic N) is 1. The monoisotopic (exact) mass is 299 g/mol. The summed E-state index contributed by atoms with van der Waals surface area (Å²) in [5.74, 6) is 0.739. The number of aliphatic hydroxyl groups is 1. The molecule has 0 aliphatic rings. The summed E-state index contributed by atoms with van der Waals surface area (Å²) in [6, 6.07) is 5.45. The summed E-state index contributed by atoms with van der Waals surface area (Å²) in [5, 5.41) is 11.0. The normalized spacial score (nSPS) is 12.7. The molecule has 0 fully saturated rings. The summed E-state index contributed by atoms with van der Waals surface area (Å²) >= 11 is 6.04. The zero-order chi connectivity index (χ0) is 15.0. The summed E-state index contributed by atoms with van der Waals surface area (Å²) in [7, 11) is 0. The van der Waals surface area contributed by atoms with Gasteiger partial charge in [0.15, 0.2) is 0 Å². The number of halogens is 1. The third-order valence-electron chi connectivity index (χ3n) is 3.41. The van der Waals surface area contributed by atoms with Crippen molar-refractivity contribution in [3.8, 4) is 5.75 Å². The van der Waals surface area contributed by atoms with Crippen LogP contribution in [0.5, 0.6) is 5.75 Å². The second-order valence-corrected chi connectivity index (χ2v) is 5.30. The van der Waals surface area contributed by atoms with E-state index in [1.807, 2.05) is 6.07 Å². The van der Waals surface area contributed by atoms with Gasteiger partial charge < -0.3 is 14.7 Å². The van der Waals surface area contributed by atoms with E-state index in [1.54, 1.807) is 12.1 Å². The van der Waals surface area contributed by atoms with E-state index in [4.69, 9.17) is 16.3 Å². The Kier molecular flexibility index (Phi) is 7.97. The number of benzene rings is 1. The zero-order valence-electron chi connectivity index (χ0n) is 12.7. The minimum Gasteiger partial charge on any atom is -0.493 e. The van der Waals surface area contributed by atoms with Crippen molar-refractivity contribution in [2.45, 2.75) is 39.7 Å². The molecule has 1 rings (SSSR count). The van der Waals surface area contributed by atoms with Crippen molar-refractivity contribution in [2.24, 2.45) is 0 Å². The van der Waals surface area contributed by atoms with Crippen molar-refractivity contribution in [1.82, 2.24) is 4.90 Å². The van der Waals surface area contributed by atoms with Gasteiger partial charge in [0.05, 0.1) is 12.7 Å². The molecule has 0 saturated carbocycles. The third-order valence-corrected chi connectivity index (χ3v) is 3.64. The zero-order valence-corrected chi connectivity index (χ0v) is 13.5. The van der Waals surface area contributed by atoms with Crippen LogP contribution in [0, 0.1) is 0 Å². The quantitative estimate of drug-likeness (QED) is 0.751. The molecule has 4 heteroatoms. The first-order valence-electron chi connectivity index (χ1n) is 7.44. The van der Waals surface area contributed by atoms with E-state index in [1.165, 1.54) is 0 Å². The second kappa shape index (κ2) is 9.22. The van der Waals surface area contributed by atoms with E-state index < -0.39 is 6.10 Å². The molecule has 1 aromatic rings. The molecule has 0 radical (unpaired) electrons. The molecule has 1 unspecified atom stereocenters. The lowest BCUT2D eigenvalue weighted by Gasteiger charge is -2.21. The van der Waals surface area contributed by atoms with Crippen LogP contribution in [0.3, 0.4) is 0 Å². The van der Waals surface area contributed by atoms with Crippen molar-refractivity contribution in [3.05, 3.63) is 28.8 Å². The Balaban J connectivity index is 2.74. The molecule has 3 nitrogen and oxygen atoms in total. The van der Waals surface area contributed by atoms with Crippen molar-refractivity contribution in [3.63, 3.8) is 0 Å². The van der Waals surface area contributed by atoms with Gasteiger partial charge in [-0.25, -0.2) is 0 Å². The molecular formula is C16H26ClNO2. The molecule has 1 N–H and O–H groups in total. The molecule has 0 aromatic heterocycles. The fourth-order valence-electron chi connectivity index (χ4n) is 2.12. The fraction of sp³-hybridized carbons (Fsp3) is 0.625. The Labute approximate surface area is 127 Å². The van der Waals surface area contributed by atoms with E-state index >= 15 is 0 Å². The van der Waals surface area contributed by atoms with Crippen LogP contribution in [-0.4, -0.2) is 36.2 Å². The highest BCUT2D eigenvalue weighted by Gasteiger charge is 2.15. The summed E-state index contributed by atoms with van der Waals surface area (Å²) < 4.78 is 5.69. The van der Waals surface area contributed by atoms with Crippen LogP contribution in [0.2, 0.25) is 5.02 Å². The molecule has 114 valence electrons. The van der Waals surface area contributed by atoms with Crippen LogP contribution >= 0.6 is 11.6 Å². The topological polar surface area (TPSA) is 32.7 Å². The molecule has 0 amide bonds. The Hall–Kier alpha value is -0.770. The largest absolute Gasteiger partial charge is 0.493 e. The molecule has 0 spiro atoms. The summed E-state index contributed by atoms with van der Waals surface area (Å²) in [4.78, 5) is 2.29. The van der Waals surface area contributed by atoms with Gasteiger partial charge in [0, 0.05) is 17.1 Å². The predicted octanol–water partition coefficient (Wildman–Crippen LogP) is 3.89. The van der Waals surface area contributed by atoms with Crippen molar-refractivity contribution >= 4 is 11.6 Å². The molecular weight excluding hydrogens is 274 g/mol. The first-order valence-corrected chi connectivity index (χ1v) is 7.82. The maximum atomic E-state index is 10.4. The SMILES string of the molecule is CCCOc1ccc(Cl)cc1C(O)CCN(CC)CC. The Bertz CT molecular complexity index is 394. The standard InChI is InChI=1S/C16H26ClNO2/c1-4-11-20-16-8-7-13(17)12-14(16)15(19)9-10-18(5-2)6-3/h7-8,12,15,19H,4-6,9-11H2,1-3H3. The molecule has 20 heavy (non-hydrogen) atoms. The minimum atomic E-state index is -0.541. The van der Waals surface area contributed by atoms with Gasteiger partial charge in [-0.05, 0) is 44.1 Å². The lowest BCUT2D eigenvalue weighted by atomic mass is 10.1. The van der Waals surface area contributed by atoms with E-state index in [-0.39, 0.29) is 0 Å². The third kappa shape index (κ3) is 5.31. The van der Waals surface area contributed by atoms with E-state index in [2.05, 4.69) is 25.7 Å². The maximum Gasteiger partial charge on any atom is 0.125 e. The van der Waals surface area contributed by atoms with Crippen molar-refractivity contribution in [2.75, 3.05) is 26.2 Å². The Morgan fingerprint density at radius 2 is 1.95 bits per heavy atom. The first-order chi connectivity index (χ1) is 9.62. The average molecular weight is 300 g/mol. The van der Waals surface area contributed by atoms with E-state index in [0.717, 1.165) is 37.4 Å². The average Bonchev–Trinajstić information content (AvgIpc) is 2.46. The molecule has 0 heterocycles. The smallest absolute Gasteiger partial charge is 0.125 e. The fourth-order valence-corrected chi connectivity index (χ4v) is 2.30. The number of rotatable bonds is 9. The van der Waals surface area contributed by atoms with Crippen LogP contribution < -0.4 is 4.74 Å².